The number of hydrogen-bond donors (Lipinski definition) is 1. The maximum absolute atomic E-state index is 13.3. The number of hydrogen-bond acceptors (Lipinski definition) is 4. The number of aromatic nitrogens is 1. The lowest BCUT2D eigenvalue weighted by atomic mass is 10.0. The first-order valence-corrected chi connectivity index (χ1v) is 12.3. The predicted molar refractivity (Wildman–Crippen MR) is 122 cm³/mol. The fourth-order valence-electron chi connectivity index (χ4n) is 4.26. The third-order valence-electron chi connectivity index (χ3n) is 5.91. The van der Waals surface area contributed by atoms with Gasteiger partial charge in [-0.3, -0.25) is 4.98 Å². The lowest BCUT2D eigenvalue weighted by Crippen LogP contribution is -2.31. The van der Waals surface area contributed by atoms with Crippen molar-refractivity contribution in [3.05, 3.63) is 95.1 Å². The highest BCUT2D eigenvalue weighted by Crippen LogP contribution is 2.36. The summed E-state index contributed by atoms with van der Waals surface area (Å²) in [6.45, 7) is 0.329. The molecule has 0 aliphatic carbocycles. The van der Waals surface area contributed by atoms with Gasteiger partial charge in [-0.05, 0) is 74.1 Å². The summed E-state index contributed by atoms with van der Waals surface area (Å²) in [5, 5.41) is 9.61. The summed E-state index contributed by atoms with van der Waals surface area (Å²) in [7, 11) is -3.83. The normalized spacial score (nSPS) is 16.7. The number of carbonyl (C=O) groups is 1. The van der Waals surface area contributed by atoms with Crippen LogP contribution >= 0.6 is 0 Å². The van der Waals surface area contributed by atoms with Crippen LogP contribution in [-0.4, -0.2) is 35.3 Å². The van der Waals surface area contributed by atoms with Crippen molar-refractivity contribution in [2.45, 2.75) is 43.0 Å². The second-order valence-corrected chi connectivity index (χ2v) is 9.99. The van der Waals surface area contributed by atoms with E-state index in [1.807, 2.05) is 30.3 Å². The standard InChI is InChI=1S/C25H25FN2O4S/c26-19-11-13-20(14-12-19)33(31,32)28-17-5-10-24(28)23-16-15-21(25(29)30)22(27-23)9-4-8-18-6-2-1-3-7-18/h1-3,6-7,11-16,24H,4-5,8-10,17H2,(H,29,30). The minimum Gasteiger partial charge on any atom is -0.478 e. The van der Waals surface area contributed by atoms with Crippen LogP contribution in [0.15, 0.2) is 71.6 Å². The summed E-state index contributed by atoms with van der Waals surface area (Å²) < 4.78 is 41.1. The second-order valence-electron chi connectivity index (χ2n) is 8.10. The van der Waals surface area contributed by atoms with Gasteiger partial charge in [0.2, 0.25) is 10.0 Å². The first-order chi connectivity index (χ1) is 15.9. The smallest absolute Gasteiger partial charge is 0.337 e. The van der Waals surface area contributed by atoms with Gasteiger partial charge in [-0.15, -0.1) is 0 Å². The minimum atomic E-state index is -3.83. The van der Waals surface area contributed by atoms with Gasteiger partial charge in [0, 0.05) is 6.54 Å². The largest absolute Gasteiger partial charge is 0.478 e. The van der Waals surface area contributed by atoms with Crippen LogP contribution in [0, 0.1) is 5.82 Å². The Hall–Kier alpha value is -3.10. The predicted octanol–water partition coefficient (Wildman–Crippen LogP) is 4.62. The summed E-state index contributed by atoms with van der Waals surface area (Å²) >= 11 is 0. The van der Waals surface area contributed by atoms with Crippen LogP contribution in [0.25, 0.3) is 0 Å². The van der Waals surface area contributed by atoms with Crippen LogP contribution in [0.5, 0.6) is 0 Å². The molecule has 172 valence electrons. The first-order valence-electron chi connectivity index (χ1n) is 10.9. The number of pyridine rings is 1. The topological polar surface area (TPSA) is 87.6 Å². The molecular weight excluding hydrogens is 443 g/mol. The van der Waals surface area contributed by atoms with Gasteiger partial charge in [0.1, 0.15) is 5.82 Å². The Balaban J connectivity index is 1.59. The third kappa shape index (κ3) is 5.12. The van der Waals surface area contributed by atoms with E-state index in [9.17, 15) is 22.7 Å². The van der Waals surface area contributed by atoms with E-state index in [0.29, 0.717) is 37.2 Å². The molecule has 1 saturated heterocycles. The molecule has 1 aliphatic rings. The SMILES string of the molecule is O=C(O)c1ccc(C2CCCN2S(=O)(=O)c2ccc(F)cc2)nc1CCCc1ccccc1. The van der Waals surface area contributed by atoms with Crippen molar-refractivity contribution in [1.29, 1.82) is 0 Å². The number of sulfonamides is 1. The van der Waals surface area contributed by atoms with E-state index >= 15 is 0 Å². The van der Waals surface area contributed by atoms with E-state index < -0.39 is 27.9 Å². The van der Waals surface area contributed by atoms with Crippen molar-refractivity contribution in [2.24, 2.45) is 0 Å². The highest BCUT2D eigenvalue weighted by atomic mass is 32.2. The Morgan fingerprint density at radius 2 is 1.76 bits per heavy atom. The summed E-state index contributed by atoms with van der Waals surface area (Å²) in [5.41, 5.74) is 2.30. The van der Waals surface area contributed by atoms with Crippen molar-refractivity contribution in [3.63, 3.8) is 0 Å². The van der Waals surface area contributed by atoms with Gasteiger partial charge in [0.15, 0.2) is 0 Å². The molecule has 0 bridgehead atoms. The van der Waals surface area contributed by atoms with Crippen LogP contribution in [-0.2, 0) is 22.9 Å². The number of carboxylic acid groups (broad SMARTS) is 1. The molecule has 1 N–H and O–H groups in total. The van der Waals surface area contributed by atoms with Crippen molar-refractivity contribution in [3.8, 4) is 0 Å². The molecule has 2 heterocycles. The van der Waals surface area contributed by atoms with E-state index in [1.54, 1.807) is 6.07 Å². The molecular formula is C25H25FN2O4S. The average molecular weight is 469 g/mol. The van der Waals surface area contributed by atoms with Gasteiger partial charge in [-0.25, -0.2) is 17.6 Å². The quantitative estimate of drug-likeness (QED) is 0.521. The number of rotatable bonds is 8. The number of aromatic carboxylic acids is 1. The summed E-state index contributed by atoms with van der Waals surface area (Å²) in [5.74, 6) is -1.55. The van der Waals surface area contributed by atoms with Crippen molar-refractivity contribution in [2.75, 3.05) is 6.54 Å². The molecule has 33 heavy (non-hydrogen) atoms. The maximum Gasteiger partial charge on any atom is 0.337 e. The fraction of sp³-hybridized carbons (Fsp3) is 0.280. The van der Waals surface area contributed by atoms with Crippen LogP contribution in [0.1, 0.15) is 52.6 Å². The van der Waals surface area contributed by atoms with Gasteiger partial charge in [-0.1, -0.05) is 30.3 Å². The minimum absolute atomic E-state index is 0.0287. The van der Waals surface area contributed by atoms with Crippen LogP contribution in [0.4, 0.5) is 4.39 Å². The summed E-state index contributed by atoms with van der Waals surface area (Å²) in [6, 6.07) is 17.3. The van der Waals surface area contributed by atoms with Crippen LogP contribution < -0.4 is 0 Å². The molecule has 1 unspecified atom stereocenters. The fourth-order valence-corrected chi connectivity index (χ4v) is 5.93. The molecule has 8 heteroatoms. The molecule has 1 aliphatic heterocycles. The molecule has 2 aromatic carbocycles. The molecule has 0 saturated carbocycles. The molecule has 0 radical (unpaired) electrons. The molecule has 1 aromatic heterocycles. The van der Waals surface area contributed by atoms with Crippen LogP contribution in [0.2, 0.25) is 0 Å². The monoisotopic (exact) mass is 468 g/mol. The number of nitrogens with zero attached hydrogens (tertiary/aromatic N) is 2. The number of halogens is 1. The molecule has 0 amide bonds. The molecule has 6 nitrogen and oxygen atoms in total. The Morgan fingerprint density at radius 3 is 2.45 bits per heavy atom. The molecule has 0 spiro atoms. The Bertz CT molecular complexity index is 1230. The van der Waals surface area contributed by atoms with Crippen molar-refractivity contribution in [1.82, 2.24) is 9.29 Å². The summed E-state index contributed by atoms with van der Waals surface area (Å²) in [6.07, 6.45) is 3.24. The maximum atomic E-state index is 13.3. The average Bonchev–Trinajstić information content (AvgIpc) is 3.31. The van der Waals surface area contributed by atoms with E-state index in [-0.39, 0.29) is 10.5 Å². The van der Waals surface area contributed by atoms with Gasteiger partial charge in [0.25, 0.3) is 0 Å². The zero-order chi connectivity index (χ0) is 23.4. The highest BCUT2D eigenvalue weighted by Gasteiger charge is 2.37. The zero-order valence-electron chi connectivity index (χ0n) is 18.0. The Morgan fingerprint density at radius 1 is 1.03 bits per heavy atom. The molecule has 1 atom stereocenters. The van der Waals surface area contributed by atoms with E-state index in [1.165, 1.54) is 22.5 Å². The van der Waals surface area contributed by atoms with Crippen molar-refractivity contribution < 1.29 is 22.7 Å². The Labute approximate surface area is 192 Å². The van der Waals surface area contributed by atoms with E-state index in [0.717, 1.165) is 30.5 Å². The lowest BCUT2D eigenvalue weighted by Gasteiger charge is -2.24. The lowest BCUT2D eigenvalue weighted by molar-refractivity contribution is 0.0695. The molecule has 4 rings (SSSR count). The van der Waals surface area contributed by atoms with Gasteiger partial charge in [0.05, 0.1) is 27.9 Å². The summed E-state index contributed by atoms with van der Waals surface area (Å²) in [4.78, 5) is 16.4. The zero-order valence-corrected chi connectivity index (χ0v) is 18.8. The molecule has 3 aromatic rings. The van der Waals surface area contributed by atoms with Gasteiger partial charge < -0.3 is 5.11 Å². The van der Waals surface area contributed by atoms with Gasteiger partial charge >= 0.3 is 5.97 Å². The molecule has 1 fully saturated rings. The third-order valence-corrected chi connectivity index (χ3v) is 7.84. The second kappa shape index (κ2) is 9.80. The van der Waals surface area contributed by atoms with E-state index in [4.69, 9.17) is 0 Å². The van der Waals surface area contributed by atoms with Crippen LogP contribution in [0.3, 0.4) is 0 Å². The first kappa shape index (κ1) is 23.1. The van der Waals surface area contributed by atoms with Gasteiger partial charge in [-0.2, -0.15) is 4.31 Å². The Kier molecular flexibility index (Phi) is 6.85. The van der Waals surface area contributed by atoms with E-state index in [2.05, 4.69) is 4.98 Å². The highest BCUT2D eigenvalue weighted by molar-refractivity contribution is 7.89. The number of carboxylic acids is 1. The number of benzene rings is 2. The number of aryl methyl sites for hydroxylation is 2. The van der Waals surface area contributed by atoms with Crippen molar-refractivity contribution >= 4 is 16.0 Å².